The van der Waals surface area contributed by atoms with Crippen LogP contribution in [0.3, 0.4) is 0 Å². The van der Waals surface area contributed by atoms with Gasteiger partial charge >= 0.3 is 0 Å². The highest BCUT2D eigenvalue weighted by Gasteiger charge is 2.19. The molecule has 1 atom stereocenters. The maximum atomic E-state index is 13.8. The average Bonchev–Trinajstić information content (AvgIpc) is 2.33. The molecule has 0 saturated heterocycles. The Morgan fingerprint density at radius 3 is 2.32 bits per heavy atom. The molecule has 0 bridgehead atoms. The van der Waals surface area contributed by atoms with Crippen molar-refractivity contribution in [2.24, 2.45) is 0 Å². The monoisotopic (exact) mass is 396 g/mol. The molecular formula is C14H9ClF3I. The van der Waals surface area contributed by atoms with Crippen molar-refractivity contribution in [1.82, 2.24) is 0 Å². The number of hydrogen-bond acceptors (Lipinski definition) is 0. The molecule has 19 heavy (non-hydrogen) atoms. The van der Waals surface area contributed by atoms with E-state index in [0.29, 0.717) is 14.7 Å². The predicted molar refractivity (Wildman–Crippen MR) is 77.9 cm³/mol. The van der Waals surface area contributed by atoms with E-state index in [1.54, 1.807) is 0 Å². The van der Waals surface area contributed by atoms with E-state index in [-0.39, 0.29) is 11.4 Å². The van der Waals surface area contributed by atoms with Crippen LogP contribution in [0.25, 0.3) is 0 Å². The van der Waals surface area contributed by atoms with Crippen LogP contribution in [0.4, 0.5) is 13.2 Å². The molecule has 0 fully saturated rings. The Morgan fingerprint density at radius 1 is 1.00 bits per heavy atom. The van der Waals surface area contributed by atoms with E-state index in [0.717, 1.165) is 6.07 Å². The second-order valence-corrected chi connectivity index (χ2v) is 5.75. The summed E-state index contributed by atoms with van der Waals surface area (Å²) in [4.78, 5) is 0. The molecule has 0 aliphatic heterocycles. The molecule has 0 aliphatic carbocycles. The van der Waals surface area contributed by atoms with Crippen molar-refractivity contribution in [3.63, 3.8) is 0 Å². The van der Waals surface area contributed by atoms with Gasteiger partial charge in [0, 0.05) is 15.2 Å². The van der Waals surface area contributed by atoms with Crippen molar-refractivity contribution in [3.05, 3.63) is 68.0 Å². The lowest BCUT2D eigenvalue weighted by Gasteiger charge is -2.14. The molecule has 0 radical (unpaired) electrons. The number of alkyl halides is 1. The number of rotatable bonds is 2. The highest BCUT2D eigenvalue weighted by Crippen LogP contribution is 2.34. The van der Waals surface area contributed by atoms with Gasteiger partial charge in [-0.1, -0.05) is 6.07 Å². The van der Waals surface area contributed by atoms with Gasteiger partial charge in [-0.2, -0.15) is 0 Å². The Kier molecular flexibility index (Phi) is 4.40. The molecule has 5 heteroatoms. The smallest absolute Gasteiger partial charge is 0.131 e. The Balaban J connectivity index is 2.49. The fourth-order valence-corrected chi connectivity index (χ4v) is 3.08. The Bertz CT molecular complexity index is 628. The van der Waals surface area contributed by atoms with E-state index in [4.69, 9.17) is 11.6 Å². The maximum Gasteiger partial charge on any atom is 0.131 e. The van der Waals surface area contributed by atoms with Crippen LogP contribution < -0.4 is 0 Å². The molecule has 0 aromatic heterocycles. The molecule has 1 unspecified atom stereocenters. The summed E-state index contributed by atoms with van der Waals surface area (Å²) in [6, 6.07) is 6.28. The molecule has 0 nitrogen and oxygen atoms in total. The summed E-state index contributed by atoms with van der Waals surface area (Å²) in [6.07, 6.45) is 0. The highest BCUT2D eigenvalue weighted by atomic mass is 127. The van der Waals surface area contributed by atoms with Gasteiger partial charge in [0.1, 0.15) is 17.5 Å². The first-order chi connectivity index (χ1) is 8.90. The molecule has 2 aromatic carbocycles. The molecule has 2 aromatic rings. The summed E-state index contributed by atoms with van der Waals surface area (Å²) < 4.78 is 40.6. The van der Waals surface area contributed by atoms with Gasteiger partial charge in [-0.05, 0) is 58.8 Å². The summed E-state index contributed by atoms with van der Waals surface area (Å²) in [5.41, 5.74) is 1.10. The van der Waals surface area contributed by atoms with Crippen LogP contribution in [-0.4, -0.2) is 0 Å². The van der Waals surface area contributed by atoms with E-state index in [1.807, 2.05) is 22.6 Å². The van der Waals surface area contributed by atoms with Gasteiger partial charge in [0.2, 0.25) is 0 Å². The summed E-state index contributed by atoms with van der Waals surface area (Å²) in [5, 5.41) is -0.785. The second-order valence-electron chi connectivity index (χ2n) is 4.15. The van der Waals surface area contributed by atoms with Crippen molar-refractivity contribution in [2.45, 2.75) is 12.3 Å². The van der Waals surface area contributed by atoms with Crippen LogP contribution >= 0.6 is 34.2 Å². The van der Waals surface area contributed by atoms with Gasteiger partial charge in [-0.3, -0.25) is 0 Å². The lowest BCUT2D eigenvalue weighted by atomic mass is 10.0. The van der Waals surface area contributed by atoms with Gasteiger partial charge in [0.15, 0.2) is 0 Å². The third-order valence-corrected chi connectivity index (χ3v) is 4.19. The zero-order chi connectivity index (χ0) is 14.2. The number of benzene rings is 2. The number of halogens is 5. The standard InChI is InChI=1S/C14H9ClF3I/c1-7-4-10(12(18)6-11(7)17)14(15)9-3-2-8(16)5-13(9)19/h2-6,14H,1H3. The lowest BCUT2D eigenvalue weighted by Crippen LogP contribution is -2.02. The third-order valence-electron chi connectivity index (χ3n) is 2.79. The van der Waals surface area contributed by atoms with E-state index in [1.165, 1.54) is 31.2 Å². The van der Waals surface area contributed by atoms with Crippen LogP contribution in [-0.2, 0) is 0 Å². The summed E-state index contributed by atoms with van der Waals surface area (Å²) in [5.74, 6) is -1.70. The Morgan fingerprint density at radius 2 is 1.68 bits per heavy atom. The normalized spacial score (nSPS) is 12.5. The summed E-state index contributed by atoms with van der Waals surface area (Å²) >= 11 is 8.16. The van der Waals surface area contributed by atoms with Crippen molar-refractivity contribution in [3.8, 4) is 0 Å². The zero-order valence-corrected chi connectivity index (χ0v) is 12.8. The van der Waals surface area contributed by atoms with Gasteiger partial charge in [-0.25, -0.2) is 13.2 Å². The van der Waals surface area contributed by atoms with Crippen LogP contribution in [0.5, 0.6) is 0 Å². The molecule has 0 heterocycles. The van der Waals surface area contributed by atoms with E-state index >= 15 is 0 Å². The molecular weight excluding hydrogens is 388 g/mol. The lowest BCUT2D eigenvalue weighted by molar-refractivity contribution is 0.568. The minimum absolute atomic E-state index is 0.185. The van der Waals surface area contributed by atoms with Crippen LogP contribution in [0.1, 0.15) is 22.1 Å². The van der Waals surface area contributed by atoms with Crippen molar-refractivity contribution >= 4 is 34.2 Å². The van der Waals surface area contributed by atoms with E-state index < -0.39 is 17.0 Å². The molecule has 0 aliphatic rings. The van der Waals surface area contributed by atoms with E-state index in [9.17, 15) is 13.2 Å². The largest absolute Gasteiger partial charge is 0.207 e. The first-order valence-electron chi connectivity index (χ1n) is 5.44. The quantitative estimate of drug-likeness (QED) is 0.474. The molecule has 0 saturated carbocycles. The second kappa shape index (κ2) is 5.71. The minimum Gasteiger partial charge on any atom is -0.207 e. The summed E-state index contributed by atoms with van der Waals surface area (Å²) in [7, 11) is 0. The third kappa shape index (κ3) is 3.05. The van der Waals surface area contributed by atoms with Gasteiger partial charge in [-0.15, -0.1) is 11.6 Å². The van der Waals surface area contributed by atoms with Crippen LogP contribution in [0.15, 0.2) is 30.3 Å². The first kappa shape index (κ1) is 14.7. The predicted octanol–water partition coefficient (Wildman–Crippen LogP) is 5.35. The molecule has 2 rings (SSSR count). The van der Waals surface area contributed by atoms with Gasteiger partial charge < -0.3 is 0 Å². The Hall–Kier alpha value is -0.750. The van der Waals surface area contributed by atoms with Crippen molar-refractivity contribution in [1.29, 1.82) is 0 Å². The highest BCUT2D eigenvalue weighted by molar-refractivity contribution is 14.1. The van der Waals surface area contributed by atoms with E-state index in [2.05, 4.69) is 0 Å². The molecule has 100 valence electrons. The number of aryl methyl sites for hydroxylation is 1. The average molecular weight is 397 g/mol. The van der Waals surface area contributed by atoms with Crippen molar-refractivity contribution in [2.75, 3.05) is 0 Å². The number of hydrogen-bond donors (Lipinski definition) is 0. The van der Waals surface area contributed by atoms with Gasteiger partial charge in [0.05, 0.1) is 5.38 Å². The SMILES string of the molecule is Cc1cc(C(Cl)c2ccc(F)cc2I)c(F)cc1F. The maximum absolute atomic E-state index is 13.8. The van der Waals surface area contributed by atoms with Crippen LogP contribution in [0.2, 0.25) is 0 Å². The minimum atomic E-state index is -0.785. The first-order valence-corrected chi connectivity index (χ1v) is 6.96. The van der Waals surface area contributed by atoms with Gasteiger partial charge in [0.25, 0.3) is 0 Å². The Labute approximate surface area is 127 Å². The fraction of sp³-hybridized carbons (Fsp3) is 0.143. The molecule has 0 N–H and O–H groups in total. The molecule has 0 spiro atoms. The van der Waals surface area contributed by atoms with Crippen molar-refractivity contribution < 1.29 is 13.2 Å². The fourth-order valence-electron chi connectivity index (χ4n) is 1.75. The zero-order valence-electron chi connectivity index (χ0n) is 9.85. The summed E-state index contributed by atoms with van der Waals surface area (Å²) in [6.45, 7) is 1.54. The topological polar surface area (TPSA) is 0 Å². The van der Waals surface area contributed by atoms with Crippen LogP contribution in [0, 0.1) is 27.9 Å². The molecule has 0 amide bonds.